The molecular formula is C16H19N3O4S. The maximum atomic E-state index is 12.2. The molecule has 0 spiro atoms. The molecule has 0 bridgehead atoms. The molecule has 2 N–H and O–H groups in total. The van der Waals surface area contributed by atoms with Crippen LogP contribution in [0.15, 0.2) is 42.6 Å². The van der Waals surface area contributed by atoms with Gasteiger partial charge >= 0.3 is 0 Å². The number of carbonyl (C=O) groups is 1. The van der Waals surface area contributed by atoms with Gasteiger partial charge in [0.2, 0.25) is 15.9 Å². The van der Waals surface area contributed by atoms with Gasteiger partial charge in [0.15, 0.2) is 0 Å². The van der Waals surface area contributed by atoms with E-state index in [0.29, 0.717) is 17.7 Å². The fraction of sp³-hybridized carbons (Fsp3) is 0.250. The number of hydrogen-bond donors (Lipinski definition) is 2. The Morgan fingerprint density at radius 2 is 1.83 bits per heavy atom. The summed E-state index contributed by atoms with van der Waals surface area (Å²) in [5.41, 5.74) is 1.89. The van der Waals surface area contributed by atoms with E-state index < -0.39 is 10.0 Å². The third kappa shape index (κ3) is 4.77. The minimum absolute atomic E-state index is 0.0803. The van der Waals surface area contributed by atoms with Gasteiger partial charge in [-0.05, 0) is 30.3 Å². The van der Waals surface area contributed by atoms with Crippen molar-refractivity contribution in [3.8, 4) is 5.88 Å². The van der Waals surface area contributed by atoms with Crippen LogP contribution in [0.3, 0.4) is 0 Å². The highest BCUT2D eigenvalue weighted by Crippen LogP contribution is 2.13. The molecule has 0 aliphatic carbocycles. The summed E-state index contributed by atoms with van der Waals surface area (Å²) < 4.78 is 30.3. The molecule has 0 radical (unpaired) electrons. The third-order valence-electron chi connectivity index (χ3n) is 3.35. The molecule has 0 unspecified atom stereocenters. The van der Waals surface area contributed by atoms with Crippen LogP contribution in [0.5, 0.6) is 5.88 Å². The SMILES string of the molecule is CNS(=O)(=O)Cc1ccc(CNC(=O)c2cccnc2OC)cc1. The van der Waals surface area contributed by atoms with Crippen molar-refractivity contribution in [2.75, 3.05) is 14.2 Å². The number of sulfonamides is 1. The average Bonchev–Trinajstić information content (AvgIpc) is 2.60. The lowest BCUT2D eigenvalue weighted by Crippen LogP contribution is -2.23. The fourth-order valence-corrected chi connectivity index (χ4v) is 2.82. The second-order valence-corrected chi connectivity index (χ2v) is 6.95. The topological polar surface area (TPSA) is 97.4 Å². The summed E-state index contributed by atoms with van der Waals surface area (Å²) in [5, 5.41) is 2.78. The number of amides is 1. The molecule has 2 rings (SSSR count). The fourth-order valence-electron chi connectivity index (χ4n) is 2.05. The van der Waals surface area contributed by atoms with Gasteiger partial charge in [-0.1, -0.05) is 24.3 Å². The Bertz CT molecular complexity index is 804. The van der Waals surface area contributed by atoms with Gasteiger partial charge in [0.1, 0.15) is 5.56 Å². The van der Waals surface area contributed by atoms with E-state index in [9.17, 15) is 13.2 Å². The zero-order valence-electron chi connectivity index (χ0n) is 13.4. The first-order valence-corrected chi connectivity index (χ1v) is 8.86. The normalized spacial score (nSPS) is 11.1. The number of pyridine rings is 1. The molecule has 24 heavy (non-hydrogen) atoms. The second-order valence-electron chi connectivity index (χ2n) is 5.02. The maximum absolute atomic E-state index is 12.2. The number of nitrogens with one attached hydrogen (secondary N) is 2. The largest absolute Gasteiger partial charge is 0.480 e. The summed E-state index contributed by atoms with van der Waals surface area (Å²) in [6.07, 6.45) is 1.55. The predicted molar refractivity (Wildman–Crippen MR) is 90.1 cm³/mol. The molecule has 0 saturated heterocycles. The summed E-state index contributed by atoms with van der Waals surface area (Å²) in [7, 11) is -0.459. The van der Waals surface area contributed by atoms with Gasteiger partial charge < -0.3 is 10.1 Å². The number of hydrogen-bond acceptors (Lipinski definition) is 5. The van der Waals surface area contributed by atoms with Crippen LogP contribution in [-0.4, -0.2) is 33.5 Å². The lowest BCUT2D eigenvalue weighted by Gasteiger charge is -2.09. The van der Waals surface area contributed by atoms with Gasteiger partial charge in [-0.3, -0.25) is 4.79 Å². The van der Waals surface area contributed by atoms with Crippen molar-refractivity contribution in [3.05, 3.63) is 59.3 Å². The molecule has 7 nitrogen and oxygen atoms in total. The first-order chi connectivity index (χ1) is 11.4. The smallest absolute Gasteiger partial charge is 0.257 e. The summed E-state index contributed by atoms with van der Waals surface area (Å²) in [5.74, 6) is -0.104. The monoisotopic (exact) mass is 349 g/mol. The number of rotatable bonds is 7. The number of nitrogens with zero attached hydrogens (tertiary/aromatic N) is 1. The maximum Gasteiger partial charge on any atom is 0.257 e. The first kappa shape index (κ1) is 17.9. The van der Waals surface area contributed by atoms with E-state index in [4.69, 9.17) is 4.74 Å². The molecule has 1 aromatic carbocycles. The van der Waals surface area contributed by atoms with Crippen LogP contribution in [0, 0.1) is 0 Å². The number of aromatic nitrogens is 1. The molecular weight excluding hydrogens is 330 g/mol. The molecule has 0 atom stereocenters. The predicted octanol–water partition coefficient (Wildman–Crippen LogP) is 1.07. The van der Waals surface area contributed by atoms with E-state index in [2.05, 4.69) is 15.0 Å². The Morgan fingerprint density at radius 1 is 1.17 bits per heavy atom. The molecule has 0 fully saturated rings. The van der Waals surface area contributed by atoms with Gasteiger partial charge in [-0.15, -0.1) is 0 Å². The van der Waals surface area contributed by atoms with Crippen molar-refractivity contribution in [2.24, 2.45) is 0 Å². The third-order valence-corrected chi connectivity index (χ3v) is 4.69. The van der Waals surface area contributed by atoms with Gasteiger partial charge in [-0.2, -0.15) is 0 Å². The van der Waals surface area contributed by atoms with E-state index in [1.807, 2.05) is 0 Å². The van der Waals surface area contributed by atoms with Crippen molar-refractivity contribution in [2.45, 2.75) is 12.3 Å². The van der Waals surface area contributed by atoms with Gasteiger partial charge in [0.25, 0.3) is 5.91 Å². The highest BCUT2D eigenvalue weighted by molar-refractivity contribution is 7.88. The Hall–Kier alpha value is -2.45. The quantitative estimate of drug-likeness (QED) is 0.779. The Morgan fingerprint density at radius 3 is 2.46 bits per heavy atom. The molecule has 0 saturated carbocycles. The van der Waals surface area contributed by atoms with Gasteiger partial charge in [0.05, 0.1) is 12.9 Å². The summed E-state index contributed by atoms with van der Waals surface area (Å²) in [6, 6.07) is 10.3. The second kappa shape index (κ2) is 7.89. The number of benzene rings is 1. The number of carbonyl (C=O) groups excluding carboxylic acids is 1. The van der Waals surface area contributed by atoms with Crippen molar-refractivity contribution >= 4 is 15.9 Å². The van der Waals surface area contributed by atoms with Gasteiger partial charge in [0, 0.05) is 12.7 Å². The van der Waals surface area contributed by atoms with Crippen LogP contribution in [0.25, 0.3) is 0 Å². The summed E-state index contributed by atoms with van der Waals surface area (Å²) in [6.45, 7) is 0.315. The highest BCUT2D eigenvalue weighted by Gasteiger charge is 2.12. The zero-order valence-corrected chi connectivity index (χ0v) is 14.3. The van der Waals surface area contributed by atoms with E-state index in [0.717, 1.165) is 5.56 Å². The molecule has 128 valence electrons. The van der Waals surface area contributed by atoms with Crippen LogP contribution < -0.4 is 14.8 Å². The minimum Gasteiger partial charge on any atom is -0.480 e. The Kier molecular flexibility index (Phi) is 5.88. The van der Waals surface area contributed by atoms with E-state index >= 15 is 0 Å². The Balaban J connectivity index is 1.98. The lowest BCUT2D eigenvalue weighted by atomic mass is 10.1. The minimum atomic E-state index is -3.30. The lowest BCUT2D eigenvalue weighted by molar-refractivity contribution is 0.0947. The molecule has 1 heterocycles. The molecule has 2 aromatic rings. The summed E-state index contributed by atoms with van der Waals surface area (Å²) in [4.78, 5) is 16.2. The Labute approximate surface area is 141 Å². The van der Waals surface area contributed by atoms with Crippen molar-refractivity contribution in [3.63, 3.8) is 0 Å². The van der Waals surface area contributed by atoms with E-state index in [1.165, 1.54) is 14.2 Å². The number of ether oxygens (including phenoxy) is 1. The zero-order chi connectivity index (χ0) is 17.6. The van der Waals surface area contributed by atoms with Crippen LogP contribution in [-0.2, 0) is 22.3 Å². The van der Waals surface area contributed by atoms with Crippen molar-refractivity contribution in [1.82, 2.24) is 15.0 Å². The molecule has 0 aliphatic rings. The van der Waals surface area contributed by atoms with E-state index in [-0.39, 0.29) is 17.5 Å². The van der Waals surface area contributed by atoms with Crippen molar-refractivity contribution < 1.29 is 17.9 Å². The van der Waals surface area contributed by atoms with Crippen LogP contribution in [0.2, 0.25) is 0 Å². The first-order valence-electron chi connectivity index (χ1n) is 7.21. The van der Waals surface area contributed by atoms with Crippen LogP contribution >= 0.6 is 0 Å². The summed E-state index contributed by atoms with van der Waals surface area (Å²) >= 11 is 0. The standard InChI is InChI=1S/C16H19N3O4S/c1-17-24(21,22)11-13-7-5-12(6-8-13)10-19-15(20)14-4-3-9-18-16(14)23-2/h3-9,17H,10-11H2,1-2H3,(H,19,20). The van der Waals surface area contributed by atoms with Crippen molar-refractivity contribution in [1.29, 1.82) is 0 Å². The average molecular weight is 349 g/mol. The van der Waals surface area contributed by atoms with E-state index in [1.54, 1.807) is 42.6 Å². The van der Waals surface area contributed by atoms with Crippen LogP contribution in [0.4, 0.5) is 0 Å². The molecule has 1 amide bonds. The highest BCUT2D eigenvalue weighted by atomic mass is 32.2. The molecule has 8 heteroatoms. The molecule has 1 aromatic heterocycles. The molecule has 0 aliphatic heterocycles. The van der Waals surface area contributed by atoms with Crippen LogP contribution in [0.1, 0.15) is 21.5 Å². The number of methoxy groups -OCH3 is 1. The van der Waals surface area contributed by atoms with Gasteiger partial charge in [-0.25, -0.2) is 18.1 Å².